The highest BCUT2D eigenvalue weighted by atomic mass is 32.1. The van der Waals surface area contributed by atoms with Gasteiger partial charge in [0.15, 0.2) is 5.13 Å². The van der Waals surface area contributed by atoms with Gasteiger partial charge in [-0.2, -0.15) is 0 Å². The van der Waals surface area contributed by atoms with Crippen LogP contribution in [0.4, 0.5) is 5.13 Å². The number of rotatable bonds is 3. The summed E-state index contributed by atoms with van der Waals surface area (Å²) in [5, 5.41) is 10.1. The Labute approximate surface area is 97.9 Å². The number of nitrogens with zero attached hydrogens (tertiary/aromatic N) is 2. The SMILES string of the molecule is CN(C)c1ncc(C2(C(=O)O)CC(N)C2)s1. The topological polar surface area (TPSA) is 79.5 Å². The fourth-order valence-electron chi connectivity index (χ4n) is 2.01. The van der Waals surface area contributed by atoms with E-state index in [0.29, 0.717) is 12.8 Å². The normalized spacial score (nSPS) is 28.6. The fourth-order valence-corrected chi connectivity index (χ4v) is 3.05. The van der Waals surface area contributed by atoms with Gasteiger partial charge in [0.2, 0.25) is 0 Å². The number of hydrogen-bond donors (Lipinski definition) is 2. The minimum Gasteiger partial charge on any atom is -0.481 e. The second kappa shape index (κ2) is 3.71. The van der Waals surface area contributed by atoms with Crippen LogP contribution < -0.4 is 10.6 Å². The van der Waals surface area contributed by atoms with Crippen LogP contribution in [0.3, 0.4) is 0 Å². The molecule has 1 fully saturated rings. The van der Waals surface area contributed by atoms with E-state index in [2.05, 4.69) is 4.98 Å². The Bertz CT molecular complexity index is 410. The maximum absolute atomic E-state index is 11.3. The minimum absolute atomic E-state index is 0.000932. The van der Waals surface area contributed by atoms with Gasteiger partial charge in [-0.3, -0.25) is 4.79 Å². The summed E-state index contributed by atoms with van der Waals surface area (Å²) in [6, 6.07) is 0.000932. The lowest BCUT2D eigenvalue weighted by Crippen LogP contribution is -2.53. The highest BCUT2D eigenvalue weighted by molar-refractivity contribution is 7.15. The average molecular weight is 241 g/mol. The molecule has 2 rings (SSSR count). The maximum Gasteiger partial charge on any atom is 0.315 e. The summed E-state index contributed by atoms with van der Waals surface area (Å²) in [6.07, 6.45) is 2.69. The molecule has 1 aliphatic rings. The van der Waals surface area contributed by atoms with Crippen LogP contribution in [0.15, 0.2) is 6.20 Å². The average Bonchev–Trinajstić information content (AvgIpc) is 2.60. The largest absolute Gasteiger partial charge is 0.481 e. The Morgan fingerprint density at radius 1 is 1.69 bits per heavy atom. The zero-order valence-corrected chi connectivity index (χ0v) is 10.1. The zero-order valence-electron chi connectivity index (χ0n) is 9.30. The third-order valence-electron chi connectivity index (χ3n) is 2.98. The van der Waals surface area contributed by atoms with Crippen molar-refractivity contribution in [1.82, 2.24) is 4.98 Å². The Balaban J connectivity index is 2.30. The smallest absolute Gasteiger partial charge is 0.315 e. The monoisotopic (exact) mass is 241 g/mol. The van der Waals surface area contributed by atoms with E-state index >= 15 is 0 Å². The van der Waals surface area contributed by atoms with Crippen molar-refractivity contribution in [3.8, 4) is 0 Å². The van der Waals surface area contributed by atoms with E-state index in [1.807, 2.05) is 19.0 Å². The number of nitrogens with two attached hydrogens (primary N) is 1. The van der Waals surface area contributed by atoms with Crippen LogP contribution in [0, 0.1) is 0 Å². The van der Waals surface area contributed by atoms with Crippen LogP contribution in [-0.2, 0) is 10.2 Å². The molecule has 1 aromatic rings. The number of carbonyl (C=O) groups is 1. The number of hydrogen-bond acceptors (Lipinski definition) is 5. The maximum atomic E-state index is 11.3. The van der Waals surface area contributed by atoms with Crippen LogP contribution in [0.25, 0.3) is 0 Å². The number of aromatic nitrogens is 1. The van der Waals surface area contributed by atoms with Gasteiger partial charge in [0.25, 0.3) is 0 Å². The second-order valence-corrected chi connectivity index (χ2v) is 5.47. The van der Waals surface area contributed by atoms with Crippen LogP contribution >= 0.6 is 11.3 Å². The molecule has 6 heteroatoms. The van der Waals surface area contributed by atoms with Gasteiger partial charge in [0, 0.05) is 31.2 Å². The van der Waals surface area contributed by atoms with E-state index in [4.69, 9.17) is 5.73 Å². The van der Waals surface area contributed by atoms with E-state index in [0.717, 1.165) is 10.0 Å². The van der Waals surface area contributed by atoms with Crippen LogP contribution in [0.2, 0.25) is 0 Å². The Kier molecular flexibility index (Phi) is 2.63. The van der Waals surface area contributed by atoms with E-state index < -0.39 is 11.4 Å². The summed E-state index contributed by atoms with van der Waals surface area (Å²) in [4.78, 5) is 18.2. The van der Waals surface area contributed by atoms with Crippen molar-refractivity contribution in [2.24, 2.45) is 5.73 Å². The van der Waals surface area contributed by atoms with E-state index in [1.165, 1.54) is 11.3 Å². The van der Waals surface area contributed by atoms with Crippen molar-refractivity contribution in [3.63, 3.8) is 0 Å². The highest BCUT2D eigenvalue weighted by Crippen LogP contribution is 2.46. The minimum atomic E-state index is -0.789. The molecule has 1 heterocycles. The summed E-state index contributed by atoms with van der Waals surface area (Å²) in [5.41, 5.74) is 4.92. The molecule has 5 nitrogen and oxygen atoms in total. The molecule has 1 saturated carbocycles. The standard InChI is InChI=1S/C10H15N3O2S/c1-13(2)9-12-5-7(16-9)10(8(14)15)3-6(11)4-10/h5-6H,3-4,11H2,1-2H3,(H,14,15). The second-order valence-electron chi connectivity index (χ2n) is 4.46. The summed E-state index contributed by atoms with van der Waals surface area (Å²) < 4.78 is 0. The van der Waals surface area contributed by atoms with Crippen LogP contribution in [-0.4, -0.2) is 36.2 Å². The van der Waals surface area contributed by atoms with Gasteiger partial charge < -0.3 is 15.7 Å². The number of carboxylic acid groups (broad SMARTS) is 1. The molecule has 1 aliphatic carbocycles. The molecule has 0 saturated heterocycles. The molecule has 0 radical (unpaired) electrons. The number of aliphatic carboxylic acids is 1. The summed E-state index contributed by atoms with van der Waals surface area (Å²) in [6.45, 7) is 0. The van der Waals surface area contributed by atoms with Crippen molar-refractivity contribution in [2.75, 3.05) is 19.0 Å². The third kappa shape index (κ3) is 1.58. The number of anilines is 1. The molecule has 0 amide bonds. The predicted octanol–water partition coefficient (Wildman–Crippen LogP) is 0.653. The van der Waals surface area contributed by atoms with Gasteiger partial charge in [0.05, 0.1) is 0 Å². The molecule has 3 N–H and O–H groups in total. The first-order valence-corrected chi connectivity index (χ1v) is 5.90. The van der Waals surface area contributed by atoms with E-state index in [-0.39, 0.29) is 6.04 Å². The van der Waals surface area contributed by atoms with Crippen molar-refractivity contribution in [2.45, 2.75) is 24.3 Å². The number of thiazole rings is 1. The van der Waals surface area contributed by atoms with Gasteiger partial charge in [-0.25, -0.2) is 4.98 Å². The van der Waals surface area contributed by atoms with Gasteiger partial charge in [-0.05, 0) is 12.8 Å². The summed E-state index contributed by atoms with van der Waals surface area (Å²) in [5.74, 6) is -0.789. The molecule has 0 spiro atoms. The van der Waals surface area contributed by atoms with E-state index in [1.54, 1.807) is 6.20 Å². The number of carboxylic acids is 1. The molecular weight excluding hydrogens is 226 g/mol. The van der Waals surface area contributed by atoms with Crippen LogP contribution in [0.5, 0.6) is 0 Å². The summed E-state index contributed by atoms with van der Waals surface area (Å²) >= 11 is 1.43. The molecule has 1 aromatic heterocycles. The molecule has 0 unspecified atom stereocenters. The van der Waals surface area contributed by atoms with Gasteiger partial charge >= 0.3 is 5.97 Å². The van der Waals surface area contributed by atoms with Crippen LogP contribution in [0.1, 0.15) is 17.7 Å². The van der Waals surface area contributed by atoms with Crippen molar-refractivity contribution in [1.29, 1.82) is 0 Å². The first-order valence-electron chi connectivity index (χ1n) is 5.08. The first-order chi connectivity index (χ1) is 7.45. The molecular formula is C10H15N3O2S. The summed E-state index contributed by atoms with van der Waals surface area (Å²) in [7, 11) is 3.78. The molecule has 0 aromatic carbocycles. The van der Waals surface area contributed by atoms with Gasteiger partial charge in [-0.15, -0.1) is 11.3 Å². The van der Waals surface area contributed by atoms with Gasteiger partial charge in [-0.1, -0.05) is 0 Å². The Hall–Kier alpha value is -1.14. The van der Waals surface area contributed by atoms with Crippen molar-refractivity contribution in [3.05, 3.63) is 11.1 Å². The highest BCUT2D eigenvalue weighted by Gasteiger charge is 2.51. The van der Waals surface area contributed by atoms with Gasteiger partial charge in [0.1, 0.15) is 5.41 Å². The molecule has 0 aliphatic heterocycles. The molecule has 0 atom stereocenters. The molecule has 0 bridgehead atoms. The lowest BCUT2D eigenvalue weighted by molar-refractivity contribution is -0.148. The Morgan fingerprint density at radius 3 is 2.69 bits per heavy atom. The quantitative estimate of drug-likeness (QED) is 0.812. The van der Waals surface area contributed by atoms with E-state index in [9.17, 15) is 9.90 Å². The molecule has 88 valence electrons. The molecule has 16 heavy (non-hydrogen) atoms. The first kappa shape index (κ1) is 11.3. The third-order valence-corrected chi connectivity index (χ3v) is 4.35. The Morgan fingerprint density at radius 2 is 2.31 bits per heavy atom. The van der Waals surface area contributed by atoms with Crippen molar-refractivity contribution < 1.29 is 9.90 Å². The predicted molar refractivity (Wildman–Crippen MR) is 63.0 cm³/mol. The lowest BCUT2D eigenvalue weighted by atomic mass is 9.65. The van der Waals surface area contributed by atoms with Crippen molar-refractivity contribution >= 4 is 22.4 Å². The lowest BCUT2D eigenvalue weighted by Gasteiger charge is -2.41. The fraction of sp³-hybridized carbons (Fsp3) is 0.600. The zero-order chi connectivity index (χ0) is 11.9.